The highest BCUT2D eigenvalue weighted by Crippen LogP contribution is 2.26. The quantitative estimate of drug-likeness (QED) is 0.353. The number of thioether (sulfide) groups is 1. The highest BCUT2D eigenvalue weighted by atomic mass is 32.2. The Balaban J connectivity index is 2.28. The molecular weight excluding hydrogens is 494 g/mol. The summed E-state index contributed by atoms with van der Waals surface area (Å²) in [5.41, 5.74) is 13.6. The third-order valence-corrected chi connectivity index (χ3v) is 6.51. The van der Waals surface area contributed by atoms with E-state index >= 15 is 0 Å². The number of esters is 2. The van der Waals surface area contributed by atoms with Crippen LogP contribution in [0, 0.1) is 0 Å². The maximum absolute atomic E-state index is 13.6. The summed E-state index contributed by atoms with van der Waals surface area (Å²) in [5.74, 6) is -1.94. The third kappa shape index (κ3) is 9.31. The molecule has 0 fully saturated rings. The van der Waals surface area contributed by atoms with Crippen LogP contribution in [0.4, 0.5) is 0 Å². The topological polar surface area (TPSA) is 142 Å². The molecule has 200 valence electrons. The lowest BCUT2D eigenvalue weighted by Gasteiger charge is -2.31. The molecule has 2 aromatic carbocycles. The van der Waals surface area contributed by atoms with Gasteiger partial charge in [0.25, 0.3) is 0 Å². The number of rotatable bonds is 14. The van der Waals surface area contributed by atoms with Crippen LogP contribution in [0.2, 0.25) is 0 Å². The molecular formula is C27H35N3O6S. The van der Waals surface area contributed by atoms with E-state index in [4.69, 9.17) is 20.9 Å². The van der Waals surface area contributed by atoms with E-state index in [-0.39, 0.29) is 31.8 Å². The second-order valence-corrected chi connectivity index (χ2v) is 9.20. The number of carbonyl (C=O) groups excluding carboxylic acids is 4. The van der Waals surface area contributed by atoms with Crippen LogP contribution in [0.1, 0.15) is 43.9 Å². The van der Waals surface area contributed by atoms with Crippen molar-refractivity contribution in [1.82, 2.24) is 4.90 Å². The van der Waals surface area contributed by atoms with Crippen molar-refractivity contribution in [2.24, 2.45) is 11.5 Å². The minimum Gasteiger partial charge on any atom is -0.465 e. The van der Waals surface area contributed by atoms with Gasteiger partial charge in [0.05, 0.1) is 19.3 Å². The number of carbonyl (C=O) groups is 4. The Morgan fingerprint density at radius 1 is 0.838 bits per heavy atom. The number of imide groups is 1. The molecule has 0 aliphatic carbocycles. The molecule has 0 unspecified atom stereocenters. The van der Waals surface area contributed by atoms with Crippen molar-refractivity contribution in [3.05, 3.63) is 71.8 Å². The number of benzene rings is 2. The van der Waals surface area contributed by atoms with Gasteiger partial charge in [-0.25, -0.2) is 4.79 Å². The van der Waals surface area contributed by atoms with Gasteiger partial charge < -0.3 is 20.9 Å². The summed E-state index contributed by atoms with van der Waals surface area (Å²) in [7, 11) is 0. The largest absolute Gasteiger partial charge is 0.465 e. The van der Waals surface area contributed by atoms with Gasteiger partial charge in [-0.15, -0.1) is 0 Å². The molecule has 0 aliphatic heterocycles. The Bertz CT molecular complexity index is 1020. The average molecular weight is 530 g/mol. The van der Waals surface area contributed by atoms with Gasteiger partial charge in [0, 0.05) is 17.9 Å². The van der Waals surface area contributed by atoms with Crippen LogP contribution >= 0.6 is 11.8 Å². The van der Waals surface area contributed by atoms with Gasteiger partial charge in [-0.1, -0.05) is 60.7 Å². The van der Waals surface area contributed by atoms with Gasteiger partial charge in [0.1, 0.15) is 6.04 Å². The van der Waals surface area contributed by atoms with E-state index in [0.29, 0.717) is 11.3 Å². The van der Waals surface area contributed by atoms with Crippen LogP contribution in [-0.4, -0.2) is 59.7 Å². The Morgan fingerprint density at radius 2 is 1.41 bits per heavy atom. The van der Waals surface area contributed by atoms with Crippen LogP contribution in [0.25, 0.3) is 0 Å². The van der Waals surface area contributed by atoms with Gasteiger partial charge >= 0.3 is 11.9 Å². The number of nitrogens with two attached hydrogens (primary N) is 2. The highest BCUT2D eigenvalue weighted by molar-refractivity contribution is 7.98. The summed E-state index contributed by atoms with van der Waals surface area (Å²) in [5, 5.41) is 0. The SMILES string of the molecule is CCOC(=O)[C@H](c1ccccc1)N(C(=O)CC[C@H](N)C(=O)OCC)C(=O)[C@@H](N)CSCc1ccccc1. The Labute approximate surface area is 221 Å². The van der Waals surface area contributed by atoms with Crippen molar-refractivity contribution in [3.63, 3.8) is 0 Å². The molecule has 0 radical (unpaired) electrons. The lowest BCUT2D eigenvalue weighted by molar-refractivity contribution is -0.162. The zero-order valence-electron chi connectivity index (χ0n) is 21.2. The van der Waals surface area contributed by atoms with E-state index in [1.54, 1.807) is 44.2 Å². The zero-order valence-corrected chi connectivity index (χ0v) is 22.0. The summed E-state index contributed by atoms with van der Waals surface area (Å²) in [6, 6.07) is 14.7. The molecule has 37 heavy (non-hydrogen) atoms. The first-order chi connectivity index (χ1) is 17.8. The minimum atomic E-state index is -1.33. The van der Waals surface area contributed by atoms with Crippen molar-refractivity contribution in [2.75, 3.05) is 19.0 Å². The number of ether oxygens (including phenoxy) is 2. The fraction of sp³-hybridized carbons (Fsp3) is 0.407. The molecule has 0 spiro atoms. The second-order valence-electron chi connectivity index (χ2n) is 8.17. The van der Waals surface area contributed by atoms with Crippen LogP contribution in [0.5, 0.6) is 0 Å². The van der Waals surface area contributed by atoms with E-state index in [1.165, 1.54) is 11.8 Å². The lowest BCUT2D eigenvalue weighted by Crippen LogP contribution is -2.51. The summed E-state index contributed by atoms with van der Waals surface area (Å²) < 4.78 is 10.1. The zero-order chi connectivity index (χ0) is 27.2. The fourth-order valence-corrected chi connectivity index (χ4v) is 4.48. The normalized spacial score (nSPS) is 13.2. The maximum Gasteiger partial charge on any atom is 0.334 e. The van der Waals surface area contributed by atoms with E-state index in [2.05, 4.69) is 0 Å². The Kier molecular flexibility index (Phi) is 12.8. The molecule has 10 heteroatoms. The molecule has 0 saturated carbocycles. The summed E-state index contributed by atoms with van der Waals surface area (Å²) in [6.07, 6.45) is -0.331. The number of hydrogen-bond acceptors (Lipinski definition) is 9. The molecule has 0 heterocycles. The van der Waals surface area contributed by atoms with Gasteiger partial charge in [0.15, 0.2) is 6.04 Å². The monoisotopic (exact) mass is 529 g/mol. The van der Waals surface area contributed by atoms with Crippen molar-refractivity contribution in [2.45, 2.75) is 50.6 Å². The van der Waals surface area contributed by atoms with Crippen molar-refractivity contribution < 1.29 is 28.7 Å². The molecule has 4 N–H and O–H groups in total. The van der Waals surface area contributed by atoms with E-state index in [0.717, 1.165) is 10.5 Å². The van der Waals surface area contributed by atoms with Crippen LogP contribution in [0.3, 0.4) is 0 Å². The second kappa shape index (κ2) is 15.8. The van der Waals surface area contributed by atoms with E-state index < -0.39 is 41.9 Å². The first kappa shape index (κ1) is 30.0. The molecule has 2 aromatic rings. The summed E-state index contributed by atoms with van der Waals surface area (Å²) in [4.78, 5) is 52.8. The fourth-order valence-electron chi connectivity index (χ4n) is 3.54. The predicted octanol–water partition coefficient (Wildman–Crippen LogP) is 2.58. The van der Waals surface area contributed by atoms with Crippen LogP contribution in [-0.2, 0) is 34.4 Å². The number of amides is 2. The minimum absolute atomic E-state index is 0.0606. The molecule has 0 saturated heterocycles. The smallest absolute Gasteiger partial charge is 0.334 e. The van der Waals surface area contributed by atoms with Crippen molar-refractivity contribution in [3.8, 4) is 0 Å². The van der Waals surface area contributed by atoms with Crippen LogP contribution < -0.4 is 11.5 Å². The molecule has 2 rings (SSSR count). The first-order valence-electron chi connectivity index (χ1n) is 12.2. The Hall–Kier alpha value is -3.21. The molecule has 3 atom stereocenters. The molecule has 2 amide bonds. The number of nitrogens with zero attached hydrogens (tertiary/aromatic N) is 1. The maximum atomic E-state index is 13.6. The lowest BCUT2D eigenvalue weighted by atomic mass is 10.0. The summed E-state index contributed by atoms with van der Waals surface area (Å²) in [6.45, 7) is 3.50. The highest BCUT2D eigenvalue weighted by Gasteiger charge is 2.39. The third-order valence-electron chi connectivity index (χ3n) is 5.37. The van der Waals surface area contributed by atoms with Gasteiger partial charge in [-0.3, -0.25) is 19.3 Å². The van der Waals surface area contributed by atoms with E-state index in [1.807, 2.05) is 30.3 Å². The van der Waals surface area contributed by atoms with Gasteiger partial charge in [-0.2, -0.15) is 11.8 Å². The van der Waals surface area contributed by atoms with E-state index in [9.17, 15) is 19.2 Å². The molecule has 0 aliphatic rings. The number of hydrogen-bond donors (Lipinski definition) is 2. The molecule has 9 nitrogen and oxygen atoms in total. The summed E-state index contributed by atoms with van der Waals surface area (Å²) >= 11 is 1.44. The van der Waals surface area contributed by atoms with Crippen LogP contribution in [0.15, 0.2) is 60.7 Å². The molecule has 0 bridgehead atoms. The average Bonchev–Trinajstić information content (AvgIpc) is 2.91. The van der Waals surface area contributed by atoms with Crippen molar-refractivity contribution in [1.29, 1.82) is 0 Å². The molecule has 0 aromatic heterocycles. The van der Waals surface area contributed by atoms with Gasteiger partial charge in [-0.05, 0) is 31.4 Å². The standard InChI is InChI=1S/C27H35N3O6S/c1-3-35-26(33)21(28)15-16-23(31)30(24(27(34)36-4-2)20-13-9-6-10-14-20)25(32)22(29)18-37-17-19-11-7-5-8-12-19/h5-14,21-22,24H,3-4,15-18,28-29H2,1-2H3/t21-,22-,24-/m0/s1. The first-order valence-corrected chi connectivity index (χ1v) is 13.3. The van der Waals surface area contributed by atoms with Gasteiger partial charge in [0.2, 0.25) is 11.8 Å². The van der Waals surface area contributed by atoms with Crippen molar-refractivity contribution >= 4 is 35.5 Å². The Morgan fingerprint density at radius 3 is 2.00 bits per heavy atom. The predicted molar refractivity (Wildman–Crippen MR) is 142 cm³/mol.